The summed E-state index contributed by atoms with van der Waals surface area (Å²) in [7, 11) is -8.99. The molecule has 0 spiro atoms. The maximum Gasteiger partial charge on any atom is 0.242 e. The lowest BCUT2D eigenvalue weighted by Crippen LogP contribution is -2.42. The second kappa shape index (κ2) is 9.57. The fraction of sp³-hybridized carbons (Fsp3) is 0.588. The Kier molecular flexibility index (Phi) is 7.37. The Hall–Kier alpha value is -2.21. The third-order valence-corrected chi connectivity index (χ3v) is 8.42. The molecule has 184 valence electrons. The number of nitrogens with two attached hydrogens (primary N) is 3. The number of rotatable bonds is 9. The van der Waals surface area contributed by atoms with Crippen molar-refractivity contribution >= 4 is 25.7 Å². The number of aromatic amines is 1. The summed E-state index contributed by atoms with van der Waals surface area (Å²) in [5.74, 6) is -0.125. The first kappa shape index (κ1) is 25.4. The molecule has 16 heteroatoms. The number of nitrogens with one attached hydrogen (secondary N) is 2. The molecule has 3 rings (SSSR count). The number of hydrogen-bond donors (Lipinski definition) is 6. The first-order chi connectivity index (χ1) is 15.4. The number of H-pyrrole nitrogens is 1. The largest absolute Gasteiger partial charge is 0.390 e. The van der Waals surface area contributed by atoms with E-state index >= 15 is 0 Å². The SMILES string of the molecule is CC1(CN)CCN(c2ccc(S(=O)(=O)NCC(O)CN)c(S(N)(=O)=O)c2-c2nn[nH]n2)CC1. The van der Waals surface area contributed by atoms with Crippen LogP contribution in [0.25, 0.3) is 11.4 Å². The molecule has 1 saturated heterocycles. The van der Waals surface area contributed by atoms with Crippen molar-refractivity contribution in [1.29, 1.82) is 0 Å². The summed E-state index contributed by atoms with van der Waals surface area (Å²) < 4.78 is 53.5. The van der Waals surface area contributed by atoms with E-state index in [2.05, 4.69) is 32.3 Å². The predicted octanol–water partition coefficient (Wildman–Crippen LogP) is -2.32. The average molecular weight is 504 g/mol. The van der Waals surface area contributed by atoms with Gasteiger partial charge in [0.15, 0.2) is 0 Å². The smallest absolute Gasteiger partial charge is 0.242 e. The fourth-order valence-electron chi connectivity index (χ4n) is 3.65. The van der Waals surface area contributed by atoms with Crippen LogP contribution in [0.15, 0.2) is 21.9 Å². The van der Waals surface area contributed by atoms with Gasteiger partial charge < -0.3 is 21.5 Å². The Bertz CT molecular complexity index is 1180. The number of piperidine rings is 1. The highest BCUT2D eigenvalue weighted by Gasteiger charge is 2.35. The van der Waals surface area contributed by atoms with Crippen molar-refractivity contribution in [2.75, 3.05) is 37.6 Å². The second-order valence-corrected chi connectivity index (χ2v) is 11.5. The van der Waals surface area contributed by atoms with Crippen LogP contribution in [-0.4, -0.2) is 81.4 Å². The number of aliphatic hydroxyl groups excluding tert-OH is 1. The highest BCUT2D eigenvalue weighted by molar-refractivity contribution is 7.92. The summed E-state index contributed by atoms with van der Waals surface area (Å²) in [5, 5.41) is 28.6. The van der Waals surface area contributed by atoms with Crippen LogP contribution in [0.1, 0.15) is 19.8 Å². The van der Waals surface area contributed by atoms with E-state index in [4.69, 9.17) is 16.6 Å². The molecule has 1 unspecified atom stereocenters. The Labute approximate surface area is 192 Å². The minimum absolute atomic E-state index is 0.0530. The Morgan fingerprint density at radius 2 is 1.91 bits per heavy atom. The molecule has 1 aromatic carbocycles. The number of aromatic nitrogens is 4. The van der Waals surface area contributed by atoms with Crippen molar-refractivity contribution in [3.63, 3.8) is 0 Å². The molecule has 0 aliphatic carbocycles. The highest BCUT2D eigenvalue weighted by Crippen LogP contribution is 2.41. The van der Waals surface area contributed by atoms with Crippen molar-refractivity contribution in [2.24, 2.45) is 22.0 Å². The van der Waals surface area contributed by atoms with E-state index in [-0.39, 0.29) is 23.3 Å². The summed E-state index contributed by atoms with van der Waals surface area (Å²) in [5.41, 5.74) is 11.5. The minimum Gasteiger partial charge on any atom is -0.390 e. The summed E-state index contributed by atoms with van der Waals surface area (Å²) in [6.45, 7) is 3.10. The van der Waals surface area contributed by atoms with Gasteiger partial charge in [-0.2, -0.15) is 5.21 Å². The number of sulfonamides is 2. The van der Waals surface area contributed by atoms with Crippen molar-refractivity contribution in [1.82, 2.24) is 25.3 Å². The average Bonchev–Trinajstić information content (AvgIpc) is 3.31. The van der Waals surface area contributed by atoms with Gasteiger partial charge in [-0.1, -0.05) is 6.92 Å². The molecule has 1 fully saturated rings. The van der Waals surface area contributed by atoms with E-state index < -0.39 is 42.5 Å². The molecule has 0 radical (unpaired) electrons. The molecule has 1 atom stereocenters. The number of primary sulfonamides is 1. The molecule has 1 aromatic heterocycles. The van der Waals surface area contributed by atoms with Gasteiger partial charge in [-0.05, 0) is 42.1 Å². The summed E-state index contributed by atoms with van der Waals surface area (Å²) in [4.78, 5) is 0.657. The van der Waals surface area contributed by atoms with Gasteiger partial charge in [0.2, 0.25) is 25.9 Å². The van der Waals surface area contributed by atoms with E-state index in [0.29, 0.717) is 25.3 Å². The van der Waals surface area contributed by atoms with Crippen LogP contribution in [0.2, 0.25) is 0 Å². The molecule has 14 nitrogen and oxygen atoms in total. The molecular formula is C17H29N9O5S2. The first-order valence-corrected chi connectivity index (χ1v) is 13.2. The van der Waals surface area contributed by atoms with Gasteiger partial charge in [0.1, 0.15) is 9.79 Å². The normalized spacial score (nSPS) is 17.8. The van der Waals surface area contributed by atoms with E-state index in [9.17, 15) is 21.9 Å². The lowest BCUT2D eigenvalue weighted by atomic mass is 9.80. The third kappa shape index (κ3) is 5.48. The zero-order valence-electron chi connectivity index (χ0n) is 18.1. The summed E-state index contributed by atoms with van der Waals surface area (Å²) in [6.07, 6.45) is 0.343. The molecule has 33 heavy (non-hydrogen) atoms. The highest BCUT2D eigenvalue weighted by atomic mass is 32.2. The Morgan fingerprint density at radius 1 is 1.24 bits per heavy atom. The molecule has 0 bridgehead atoms. The van der Waals surface area contributed by atoms with Crippen LogP contribution in [0, 0.1) is 5.41 Å². The number of hydrogen-bond acceptors (Lipinski definition) is 11. The van der Waals surface area contributed by atoms with Gasteiger partial charge in [-0.3, -0.25) is 0 Å². The number of anilines is 1. The third-order valence-electron chi connectivity index (χ3n) is 5.83. The van der Waals surface area contributed by atoms with Gasteiger partial charge in [0.05, 0.1) is 11.7 Å². The van der Waals surface area contributed by atoms with Crippen LogP contribution in [-0.2, 0) is 20.0 Å². The molecule has 9 N–H and O–H groups in total. The van der Waals surface area contributed by atoms with Gasteiger partial charge in [0, 0.05) is 31.9 Å². The number of nitrogens with zero attached hydrogens (tertiary/aromatic N) is 4. The van der Waals surface area contributed by atoms with Crippen LogP contribution >= 0.6 is 0 Å². The quantitative estimate of drug-likeness (QED) is 0.212. The molecule has 1 aliphatic heterocycles. The maximum absolute atomic E-state index is 13.0. The van der Waals surface area contributed by atoms with Gasteiger partial charge in [-0.15, -0.1) is 10.2 Å². The number of tetrazole rings is 1. The second-order valence-electron chi connectivity index (χ2n) is 8.31. The van der Waals surface area contributed by atoms with E-state index in [1.807, 2.05) is 4.90 Å². The maximum atomic E-state index is 13.0. The van der Waals surface area contributed by atoms with E-state index in [0.717, 1.165) is 18.9 Å². The molecule has 1 aliphatic rings. The van der Waals surface area contributed by atoms with Crippen LogP contribution < -0.4 is 26.2 Å². The Balaban J connectivity index is 2.18. The molecule has 0 amide bonds. The monoisotopic (exact) mass is 503 g/mol. The van der Waals surface area contributed by atoms with E-state index in [1.54, 1.807) is 0 Å². The van der Waals surface area contributed by atoms with Crippen molar-refractivity contribution in [2.45, 2.75) is 35.7 Å². The minimum atomic E-state index is -4.58. The van der Waals surface area contributed by atoms with Crippen molar-refractivity contribution in [3.05, 3.63) is 12.1 Å². The van der Waals surface area contributed by atoms with E-state index in [1.165, 1.54) is 6.07 Å². The van der Waals surface area contributed by atoms with Crippen molar-refractivity contribution < 1.29 is 21.9 Å². The zero-order valence-corrected chi connectivity index (χ0v) is 19.7. The van der Waals surface area contributed by atoms with Gasteiger partial charge in [0.25, 0.3) is 0 Å². The van der Waals surface area contributed by atoms with Crippen LogP contribution in [0.3, 0.4) is 0 Å². The summed E-state index contributed by atoms with van der Waals surface area (Å²) >= 11 is 0. The molecular weight excluding hydrogens is 474 g/mol. The standard InChI is InChI=1S/C17H29N9O5S2/c1-17(10-19)4-6-26(7-5-17)12-2-3-13(33(30,31)21-9-11(27)8-18)15(32(20,28)29)14(12)16-22-24-25-23-16/h2-3,11,21,27H,4-10,18-19H2,1H3,(H2,20,28,29)(H,22,23,24,25). The van der Waals surface area contributed by atoms with Gasteiger partial charge >= 0.3 is 0 Å². The van der Waals surface area contributed by atoms with Crippen molar-refractivity contribution in [3.8, 4) is 11.4 Å². The number of benzene rings is 1. The lowest BCUT2D eigenvalue weighted by Gasteiger charge is -2.40. The topological polar surface area (TPSA) is 236 Å². The molecule has 0 saturated carbocycles. The zero-order chi connectivity index (χ0) is 24.4. The predicted molar refractivity (Wildman–Crippen MR) is 120 cm³/mol. The van der Waals surface area contributed by atoms with Crippen LogP contribution in [0.5, 0.6) is 0 Å². The molecule has 2 aromatic rings. The molecule has 2 heterocycles. The van der Waals surface area contributed by atoms with Gasteiger partial charge in [-0.25, -0.2) is 26.7 Å². The lowest BCUT2D eigenvalue weighted by molar-refractivity contribution is 0.186. The Morgan fingerprint density at radius 3 is 2.42 bits per heavy atom. The van der Waals surface area contributed by atoms with Crippen LogP contribution in [0.4, 0.5) is 5.69 Å². The number of aliphatic hydroxyl groups is 1. The first-order valence-electron chi connectivity index (χ1n) is 10.2. The summed E-state index contributed by atoms with van der Waals surface area (Å²) in [6, 6.07) is 2.64. The fourth-order valence-corrected chi connectivity index (χ4v) is 6.32.